The molecule has 0 aromatic rings. The molecule has 1 saturated carbocycles. The van der Waals surface area contributed by atoms with Crippen LogP contribution in [0.4, 0.5) is 0 Å². The van der Waals surface area contributed by atoms with Crippen molar-refractivity contribution in [2.24, 2.45) is 29.4 Å². The second-order valence-corrected chi connectivity index (χ2v) is 8.25. The second-order valence-electron chi connectivity index (χ2n) is 8.25. The first-order chi connectivity index (χ1) is 12.3. The first kappa shape index (κ1) is 22.9. The Labute approximate surface area is 159 Å². The predicted molar refractivity (Wildman–Crippen MR) is 104 cm³/mol. The molecule has 1 amide bonds. The quantitative estimate of drug-likeness (QED) is 0.384. The topological polar surface area (TPSA) is 93.5 Å². The summed E-state index contributed by atoms with van der Waals surface area (Å²) in [4.78, 5) is 23.9. The highest BCUT2D eigenvalue weighted by Gasteiger charge is 2.33. The molecular weight excluding hydrogens is 330 g/mol. The molecule has 4 N–H and O–H groups in total. The Morgan fingerprint density at radius 1 is 1.27 bits per heavy atom. The molecule has 6 heteroatoms. The largest absolute Gasteiger partial charge is 0.462 e. The summed E-state index contributed by atoms with van der Waals surface area (Å²) in [6.07, 6.45) is 5.06. The summed E-state index contributed by atoms with van der Waals surface area (Å²) in [6.45, 7) is 9.33. The molecule has 0 saturated heterocycles. The SMILES string of the molecule is CCCC(CN[C@@H](NC)C(N)=O)CC(=O)O[C@@H]1C[C@H](C)CC[C@H]1C(C)C. The number of nitrogens with two attached hydrogens (primary N) is 1. The summed E-state index contributed by atoms with van der Waals surface area (Å²) < 4.78 is 5.92. The molecule has 0 aromatic carbocycles. The predicted octanol–water partition coefficient (Wildman–Crippen LogP) is 2.42. The number of esters is 1. The number of rotatable bonds is 11. The molecule has 5 atom stereocenters. The van der Waals surface area contributed by atoms with Crippen molar-refractivity contribution in [3.05, 3.63) is 0 Å². The standard InChI is InChI=1S/C20H39N3O3/c1-6-7-15(12-23-20(22-5)19(21)25)11-18(24)26-17-10-14(4)8-9-16(17)13(2)3/h13-17,20,22-23H,6-12H2,1-5H3,(H2,21,25)/t14-,15?,16+,17-,20-/m1/s1. The van der Waals surface area contributed by atoms with Crippen LogP contribution in [0.2, 0.25) is 0 Å². The van der Waals surface area contributed by atoms with Crippen LogP contribution in [0.25, 0.3) is 0 Å². The van der Waals surface area contributed by atoms with E-state index < -0.39 is 12.1 Å². The van der Waals surface area contributed by atoms with Crippen molar-refractivity contribution in [3.8, 4) is 0 Å². The summed E-state index contributed by atoms with van der Waals surface area (Å²) >= 11 is 0. The van der Waals surface area contributed by atoms with Crippen LogP contribution >= 0.6 is 0 Å². The lowest BCUT2D eigenvalue weighted by Crippen LogP contribution is -2.51. The van der Waals surface area contributed by atoms with Gasteiger partial charge in [-0.05, 0) is 50.0 Å². The number of ether oxygens (including phenoxy) is 1. The molecule has 0 radical (unpaired) electrons. The van der Waals surface area contributed by atoms with Gasteiger partial charge in [0, 0.05) is 13.0 Å². The fourth-order valence-corrected chi connectivity index (χ4v) is 4.02. The number of hydrogen-bond donors (Lipinski definition) is 3. The van der Waals surface area contributed by atoms with Crippen molar-refractivity contribution in [2.45, 2.75) is 78.5 Å². The Balaban J connectivity index is 2.58. The van der Waals surface area contributed by atoms with Gasteiger partial charge in [0.15, 0.2) is 0 Å². The minimum atomic E-state index is -0.574. The minimum absolute atomic E-state index is 0.0390. The molecule has 26 heavy (non-hydrogen) atoms. The average molecular weight is 370 g/mol. The van der Waals surface area contributed by atoms with Gasteiger partial charge >= 0.3 is 5.97 Å². The summed E-state index contributed by atoms with van der Waals surface area (Å²) in [7, 11) is 1.68. The van der Waals surface area contributed by atoms with E-state index in [2.05, 4.69) is 38.3 Å². The maximum atomic E-state index is 12.6. The zero-order chi connectivity index (χ0) is 19.7. The van der Waals surface area contributed by atoms with Gasteiger partial charge in [0.05, 0.1) is 0 Å². The zero-order valence-electron chi connectivity index (χ0n) is 17.2. The lowest BCUT2D eigenvalue weighted by atomic mass is 9.75. The van der Waals surface area contributed by atoms with E-state index in [0.717, 1.165) is 25.7 Å². The van der Waals surface area contributed by atoms with Crippen molar-refractivity contribution in [2.75, 3.05) is 13.6 Å². The Bertz CT molecular complexity index is 442. The highest BCUT2D eigenvalue weighted by atomic mass is 16.5. The molecule has 0 heterocycles. The third kappa shape index (κ3) is 7.62. The Kier molecular flexibility index (Phi) is 10.2. The average Bonchev–Trinajstić information content (AvgIpc) is 2.54. The van der Waals surface area contributed by atoms with Crippen LogP contribution in [-0.4, -0.2) is 37.7 Å². The van der Waals surface area contributed by atoms with Gasteiger partial charge in [-0.25, -0.2) is 0 Å². The van der Waals surface area contributed by atoms with E-state index in [9.17, 15) is 9.59 Å². The number of amides is 1. The number of carbonyl (C=O) groups is 2. The lowest BCUT2D eigenvalue weighted by Gasteiger charge is -2.37. The second kappa shape index (κ2) is 11.5. The molecule has 1 fully saturated rings. The van der Waals surface area contributed by atoms with Crippen molar-refractivity contribution >= 4 is 11.9 Å². The first-order valence-corrected chi connectivity index (χ1v) is 10.2. The Morgan fingerprint density at radius 3 is 2.50 bits per heavy atom. The third-order valence-corrected chi connectivity index (χ3v) is 5.58. The third-order valence-electron chi connectivity index (χ3n) is 5.58. The van der Waals surface area contributed by atoms with Crippen molar-refractivity contribution in [3.63, 3.8) is 0 Å². The summed E-state index contributed by atoms with van der Waals surface area (Å²) in [6, 6.07) is 0. The summed E-state index contributed by atoms with van der Waals surface area (Å²) in [5.41, 5.74) is 5.33. The molecule has 0 aliphatic heterocycles. The van der Waals surface area contributed by atoms with Gasteiger partial charge in [0.1, 0.15) is 12.3 Å². The van der Waals surface area contributed by atoms with Gasteiger partial charge in [-0.2, -0.15) is 0 Å². The van der Waals surface area contributed by atoms with E-state index in [1.807, 2.05) is 0 Å². The van der Waals surface area contributed by atoms with Gasteiger partial charge < -0.3 is 10.5 Å². The smallest absolute Gasteiger partial charge is 0.306 e. The molecule has 1 rings (SSSR count). The van der Waals surface area contributed by atoms with Crippen molar-refractivity contribution in [1.82, 2.24) is 10.6 Å². The van der Waals surface area contributed by atoms with Crippen LogP contribution in [0.15, 0.2) is 0 Å². The van der Waals surface area contributed by atoms with E-state index in [1.165, 1.54) is 6.42 Å². The Hall–Kier alpha value is -1.14. The summed E-state index contributed by atoms with van der Waals surface area (Å²) in [5.74, 6) is 1.18. The molecule has 1 unspecified atom stereocenters. The monoisotopic (exact) mass is 369 g/mol. The highest BCUT2D eigenvalue weighted by molar-refractivity contribution is 5.79. The molecule has 6 nitrogen and oxygen atoms in total. The van der Waals surface area contributed by atoms with Gasteiger partial charge in [0.2, 0.25) is 5.91 Å². The van der Waals surface area contributed by atoms with Gasteiger partial charge in [-0.15, -0.1) is 0 Å². The fraction of sp³-hybridized carbons (Fsp3) is 0.900. The number of likely N-dealkylation sites (N-methyl/N-ethyl adjacent to an activating group) is 1. The molecule has 0 spiro atoms. The van der Waals surface area contributed by atoms with Crippen molar-refractivity contribution in [1.29, 1.82) is 0 Å². The van der Waals surface area contributed by atoms with E-state index in [-0.39, 0.29) is 18.0 Å². The Morgan fingerprint density at radius 2 is 1.96 bits per heavy atom. The maximum absolute atomic E-state index is 12.6. The molecule has 1 aliphatic rings. The van der Waals surface area contributed by atoms with Gasteiger partial charge in [-0.1, -0.05) is 40.5 Å². The van der Waals surface area contributed by atoms with Crippen LogP contribution in [0.1, 0.15) is 66.2 Å². The van der Waals surface area contributed by atoms with E-state index in [1.54, 1.807) is 7.05 Å². The molecule has 0 aromatic heterocycles. The highest BCUT2D eigenvalue weighted by Crippen LogP contribution is 2.35. The number of nitrogens with one attached hydrogen (secondary N) is 2. The molecular formula is C20H39N3O3. The van der Waals surface area contributed by atoms with Crippen LogP contribution < -0.4 is 16.4 Å². The van der Waals surface area contributed by atoms with Crippen LogP contribution in [0.3, 0.4) is 0 Å². The zero-order valence-corrected chi connectivity index (χ0v) is 17.2. The van der Waals surface area contributed by atoms with Crippen LogP contribution in [0.5, 0.6) is 0 Å². The van der Waals surface area contributed by atoms with E-state index in [0.29, 0.717) is 30.7 Å². The van der Waals surface area contributed by atoms with Crippen LogP contribution in [-0.2, 0) is 14.3 Å². The number of hydrogen-bond acceptors (Lipinski definition) is 5. The lowest BCUT2D eigenvalue weighted by molar-refractivity contribution is -0.157. The first-order valence-electron chi connectivity index (χ1n) is 10.2. The molecule has 152 valence electrons. The van der Waals surface area contributed by atoms with E-state index in [4.69, 9.17) is 10.5 Å². The molecule has 0 bridgehead atoms. The fourth-order valence-electron chi connectivity index (χ4n) is 4.02. The molecule has 1 aliphatic carbocycles. The minimum Gasteiger partial charge on any atom is -0.462 e. The summed E-state index contributed by atoms with van der Waals surface area (Å²) in [5, 5.41) is 5.94. The van der Waals surface area contributed by atoms with E-state index >= 15 is 0 Å². The number of carbonyl (C=O) groups excluding carboxylic acids is 2. The van der Waals surface area contributed by atoms with Crippen molar-refractivity contribution < 1.29 is 14.3 Å². The van der Waals surface area contributed by atoms with Crippen LogP contribution in [0, 0.1) is 23.7 Å². The maximum Gasteiger partial charge on any atom is 0.306 e. The normalized spacial score (nSPS) is 25.7. The van der Waals surface area contributed by atoms with Gasteiger partial charge in [0.25, 0.3) is 0 Å². The van der Waals surface area contributed by atoms with Gasteiger partial charge in [-0.3, -0.25) is 20.2 Å². The number of primary amides is 1.